The molecule has 0 bridgehead atoms. The Morgan fingerprint density at radius 1 is 1.00 bits per heavy atom. The summed E-state index contributed by atoms with van der Waals surface area (Å²) in [6.45, 7) is 5.04. The van der Waals surface area contributed by atoms with Gasteiger partial charge < -0.3 is 24.8 Å². The zero-order chi connectivity index (χ0) is 24.9. The van der Waals surface area contributed by atoms with E-state index in [0.29, 0.717) is 31.7 Å². The first kappa shape index (κ1) is 27.0. The van der Waals surface area contributed by atoms with E-state index in [1.54, 1.807) is 12.1 Å². The number of rotatable bonds is 15. The van der Waals surface area contributed by atoms with Gasteiger partial charge in [-0.05, 0) is 80.6 Å². The zero-order valence-electron chi connectivity index (χ0n) is 20.8. The smallest absolute Gasteiger partial charge is 0.223 e. The number of nitrogens with one attached hydrogen (secondary N) is 1. The Morgan fingerprint density at radius 2 is 1.63 bits per heavy atom. The quantitative estimate of drug-likeness (QED) is 0.364. The molecule has 0 spiro atoms. The highest BCUT2D eigenvalue weighted by Gasteiger charge is 2.26. The fourth-order valence-electron chi connectivity index (χ4n) is 4.21. The lowest BCUT2D eigenvalue weighted by atomic mass is 10.0. The lowest BCUT2D eigenvalue weighted by molar-refractivity contribution is -0.123. The van der Waals surface area contributed by atoms with Gasteiger partial charge in [-0.2, -0.15) is 0 Å². The van der Waals surface area contributed by atoms with E-state index in [2.05, 4.69) is 17.1 Å². The van der Waals surface area contributed by atoms with Crippen molar-refractivity contribution in [3.8, 4) is 11.5 Å². The summed E-state index contributed by atoms with van der Waals surface area (Å²) in [5, 5.41) is 14.2. The Labute approximate surface area is 208 Å². The number of alkyl halides is 1. The van der Waals surface area contributed by atoms with Gasteiger partial charge in [0.25, 0.3) is 0 Å². The monoisotopic (exact) mass is 486 g/mol. The zero-order valence-corrected chi connectivity index (χ0v) is 20.8. The summed E-state index contributed by atoms with van der Waals surface area (Å²) in [5.41, 5.74) is 1.96. The van der Waals surface area contributed by atoms with Gasteiger partial charge in [0.2, 0.25) is 5.91 Å². The molecule has 2 N–H and O–H groups in total. The highest BCUT2D eigenvalue weighted by molar-refractivity contribution is 5.76. The fraction of sp³-hybridized carbons (Fsp3) is 0.536. The van der Waals surface area contributed by atoms with Crippen molar-refractivity contribution in [2.45, 2.75) is 57.6 Å². The van der Waals surface area contributed by atoms with E-state index in [4.69, 9.17) is 9.47 Å². The van der Waals surface area contributed by atoms with Crippen LogP contribution in [0.4, 0.5) is 4.39 Å². The van der Waals surface area contributed by atoms with E-state index in [1.807, 2.05) is 36.4 Å². The first-order valence-corrected chi connectivity index (χ1v) is 12.8. The Kier molecular flexibility index (Phi) is 11.3. The highest BCUT2D eigenvalue weighted by Crippen LogP contribution is 2.23. The largest absolute Gasteiger partial charge is 0.494 e. The van der Waals surface area contributed by atoms with E-state index in [-0.39, 0.29) is 25.6 Å². The fourth-order valence-corrected chi connectivity index (χ4v) is 4.21. The van der Waals surface area contributed by atoms with Crippen molar-refractivity contribution < 1.29 is 23.8 Å². The molecule has 0 aliphatic carbocycles. The Hall–Kier alpha value is -2.64. The van der Waals surface area contributed by atoms with Crippen molar-refractivity contribution in [2.24, 2.45) is 0 Å². The predicted octanol–water partition coefficient (Wildman–Crippen LogP) is 4.46. The van der Waals surface area contributed by atoms with Gasteiger partial charge >= 0.3 is 0 Å². The van der Waals surface area contributed by atoms with Crippen molar-refractivity contribution in [3.63, 3.8) is 0 Å². The van der Waals surface area contributed by atoms with Gasteiger partial charge in [-0.3, -0.25) is 9.18 Å². The number of benzene rings is 2. The van der Waals surface area contributed by atoms with Crippen LogP contribution in [0.5, 0.6) is 11.5 Å². The Morgan fingerprint density at radius 3 is 2.26 bits per heavy atom. The number of unbranched alkanes of at least 4 members (excludes halogenated alkanes) is 1. The topological polar surface area (TPSA) is 71.0 Å². The van der Waals surface area contributed by atoms with Gasteiger partial charge in [0, 0.05) is 6.54 Å². The number of carbonyl (C=O) groups is 1. The summed E-state index contributed by atoms with van der Waals surface area (Å²) >= 11 is 0. The number of aliphatic hydroxyl groups excluding tert-OH is 1. The van der Waals surface area contributed by atoms with Crippen LogP contribution in [0, 0.1) is 0 Å². The molecule has 1 aliphatic rings. The molecule has 2 aromatic rings. The second kappa shape index (κ2) is 14.7. The van der Waals surface area contributed by atoms with E-state index in [0.717, 1.165) is 43.7 Å². The van der Waals surface area contributed by atoms with Crippen LogP contribution in [-0.2, 0) is 11.2 Å². The molecule has 2 unspecified atom stereocenters. The minimum Gasteiger partial charge on any atom is -0.494 e. The molecule has 6 nitrogen and oxygen atoms in total. The summed E-state index contributed by atoms with van der Waals surface area (Å²) in [6.07, 6.45) is 3.77. The summed E-state index contributed by atoms with van der Waals surface area (Å²) in [4.78, 5) is 15.0. The first-order valence-electron chi connectivity index (χ1n) is 12.8. The minimum absolute atomic E-state index is 0.147. The standard InChI is InChI=1S/C28H39FN2O4/c1-2-22-7-11-24(12-8-22)35-20-15-27(32)30-26(21-31-17-4-5-18-31)28(33)23-9-13-25(14-10-23)34-19-6-3-16-29/h7-14,26,28,33H,2-6,15-21H2,1H3,(H,30,32). The average Bonchev–Trinajstić information content (AvgIpc) is 3.40. The lowest BCUT2D eigenvalue weighted by Gasteiger charge is -2.29. The number of aryl methyl sites for hydroxylation is 1. The van der Waals surface area contributed by atoms with Crippen LogP contribution in [0.1, 0.15) is 56.3 Å². The van der Waals surface area contributed by atoms with Gasteiger partial charge in [-0.15, -0.1) is 0 Å². The number of hydrogen-bond acceptors (Lipinski definition) is 5. The SMILES string of the molecule is CCc1ccc(OCCC(=O)NC(CN2CCCC2)C(O)c2ccc(OCCCCF)cc2)cc1. The van der Waals surface area contributed by atoms with Gasteiger partial charge in [0.05, 0.1) is 32.4 Å². The van der Waals surface area contributed by atoms with Crippen molar-refractivity contribution >= 4 is 5.91 Å². The number of likely N-dealkylation sites (tertiary alicyclic amines) is 1. The molecule has 2 aromatic carbocycles. The van der Waals surface area contributed by atoms with Crippen LogP contribution < -0.4 is 14.8 Å². The molecule has 192 valence electrons. The number of amides is 1. The molecular formula is C28H39FN2O4. The molecule has 1 heterocycles. The van der Waals surface area contributed by atoms with E-state index in [1.165, 1.54) is 5.56 Å². The molecule has 7 heteroatoms. The van der Waals surface area contributed by atoms with Crippen LogP contribution in [0.2, 0.25) is 0 Å². The summed E-state index contributed by atoms with van der Waals surface area (Å²) in [7, 11) is 0. The van der Waals surface area contributed by atoms with E-state index in [9.17, 15) is 14.3 Å². The Balaban J connectivity index is 1.53. The molecular weight excluding hydrogens is 447 g/mol. The normalized spacial score (nSPS) is 15.5. The maximum Gasteiger partial charge on any atom is 0.223 e. The third-order valence-corrected chi connectivity index (χ3v) is 6.33. The van der Waals surface area contributed by atoms with Crippen molar-refractivity contribution in [1.82, 2.24) is 10.2 Å². The number of nitrogens with zero attached hydrogens (tertiary/aromatic N) is 1. The molecule has 1 fully saturated rings. The van der Waals surface area contributed by atoms with Gasteiger partial charge in [-0.1, -0.05) is 31.2 Å². The van der Waals surface area contributed by atoms with Gasteiger partial charge in [-0.25, -0.2) is 0 Å². The Bertz CT molecular complexity index is 870. The summed E-state index contributed by atoms with van der Waals surface area (Å²) in [5.74, 6) is 1.28. The van der Waals surface area contributed by atoms with E-state index < -0.39 is 12.1 Å². The third-order valence-electron chi connectivity index (χ3n) is 6.33. The molecule has 0 saturated carbocycles. The number of ether oxygens (including phenoxy) is 2. The molecule has 1 saturated heterocycles. The second-order valence-electron chi connectivity index (χ2n) is 9.04. The molecule has 2 atom stereocenters. The predicted molar refractivity (Wildman–Crippen MR) is 136 cm³/mol. The molecule has 0 radical (unpaired) electrons. The van der Waals surface area contributed by atoms with Crippen LogP contribution in [0.15, 0.2) is 48.5 Å². The second-order valence-corrected chi connectivity index (χ2v) is 9.04. The van der Waals surface area contributed by atoms with Crippen LogP contribution >= 0.6 is 0 Å². The summed E-state index contributed by atoms with van der Waals surface area (Å²) < 4.78 is 23.6. The lowest BCUT2D eigenvalue weighted by Crippen LogP contribution is -2.47. The molecule has 1 amide bonds. The van der Waals surface area contributed by atoms with Gasteiger partial charge in [0.15, 0.2) is 0 Å². The molecule has 0 aromatic heterocycles. The number of aliphatic hydroxyl groups is 1. The number of hydrogen-bond donors (Lipinski definition) is 2. The highest BCUT2D eigenvalue weighted by atomic mass is 19.1. The minimum atomic E-state index is -0.845. The summed E-state index contributed by atoms with van der Waals surface area (Å²) in [6, 6.07) is 14.7. The van der Waals surface area contributed by atoms with E-state index >= 15 is 0 Å². The van der Waals surface area contributed by atoms with Gasteiger partial charge in [0.1, 0.15) is 17.6 Å². The molecule has 35 heavy (non-hydrogen) atoms. The van der Waals surface area contributed by atoms with Crippen molar-refractivity contribution in [3.05, 3.63) is 59.7 Å². The van der Waals surface area contributed by atoms with Crippen LogP contribution in [0.25, 0.3) is 0 Å². The van der Waals surface area contributed by atoms with Crippen LogP contribution in [-0.4, -0.2) is 61.5 Å². The molecule has 1 aliphatic heterocycles. The molecule has 3 rings (SSSR count). The number of halogens is 1. The third kappa shape index (κ3) is 9.15. The average molecular weight is 487 g/mol. The maximum absolute atomic E-state index is 12.7. The number of carbonyl (C=O) groups excluding carboxylic acids is 1. The van der Waals surface area contributed by atoms with Crippen molar-refractivity contribution in [1.29, 1.82) is 0 Å². The van der Waals surface area contributed by atoms with Crippen LogP contribution in [0.3, 0.4) is 0 Å². The van der Waals surface area contributed by atoms with Crippen molar-refractivity contribution in [2.75, 3.05) is 39.5 Å². The first-order chi connectivity index (χ1) is 17.1. The maximum atomic E-state index is 12.7.